The van der Waals surface area contributed by atoms with Gasteiger partial charge in [-0.1, -0.05) is 158 Å². The summed E-state index contributed by atoms with van der Waals surface area (Å²) in [4.78, 5) is 11.6. The molecule has 6 aromatic carbocycles. The normalized spacial score (nSPS) is 10.7. The molecule has 1 heteroatoms. The Hall–Kier alpha value is -5.27. The fourth-order valence-electron chi connectivity index (χ4n) is 5.62. The zero-order valence-corrected chi connectivity index (χ0v) is 23.5. The van der Waals surface area contributed by atoms with Crippen LogP contribution in [0.15, 0.2) is 164 Å². The fraction of sp³-hybridized carbons (Fsp3) is 0.0488. The highest BCUT2D eigenvalue weighted by atomic mass is 16.1. The lowest BCUT2D eigenvalue weighted by atomic mass is 9.91. The van der Waals surface area contributed by atoms with E-state index >= 15 is 0 Å². The Labute approximate surface area is 248 Å². The number of aldehydes is 1. The summed E-state index contributed by atoms with van der Waals surface area (Å²) in [7, 11) is 0. The average Bonchev–Trinajstić information content (AvgIpc) is 3.06. The molecule has 1 nitrogen and oxygen atoms in total. The number of hydrogen-bond acceptors (Lipinski definition) is 1. The lowest BCUT2D eigenvalue weighted by molar-refractivity contribution is -0.104. The van der Waals surface area contributed by atoms with E-state index in [1.165, 1.54) is 44.5 Å². The van der Waals surface area contributed by atoms with Crippen LogP contribution in [0.1, 0.15) is 33.4 Å². The Bertz CT molecular complexity index is 1670. The number of allylic oxidation sites excluding steroid dienone is 1. The topological polar surface area (TPSA) is 17.1 Å². The van der Waals surface area contributed by atoms with Crippen molar-refractivity contribution in [2.75, 3.05) is 0 Å². The van der Waals surface area contributed by atoms with Gasteiger partial charge in [0.1, 0.15) is 6.29 Å². The van der Waals surface area contributed by atoms with E-state index in [1.54, 1.807) is 6.08 Å². The molecule has 0 unspecified atom stereocenters. The average molecular weight is 541 g/mol. The Kier molecular flexibility index (Phi) is 8.29. The molecule has 6 rings (SSSR count). The van der Waals surface area contributed by atoms with Gasteiger partial charge in [0.25, 0.3) is 0 Å². The molecule has 0 N–H and O–H groups in total. The number of benzene rings is 6. The van der Waals surface area contributed by atoms with E-state index in [9.17, 15) is 4.79 Å². The van der Waals surface area contributed by atoms with E-state index in [2.05, 4.69) is 146 Å². The van der Waals surface area contributed by atoms with Crippen LogP contribution in [0.5, 0.6) is 0 Å². The molecular weight excluding hydrogens is 508 g/mol. The number of rotatable bonds is 9. The third-order valence-electron chi connectivity index (χ3n) is 7.76. The highest BCUT2D eigenvalue weighted by molar-refractivity contribution is 5.89. The van der Waals surface area contributed by atoms with Gasteiger partial charge in [0, 0.05) is 0 Å². The van der Waals surface area contributed by atoms with Crippen molar-refractivity contribution in [3.05, 3.63) is 197 Å². The number of hydrogen-bond donors (Lipinski definition) is 0. The van der Waals surface area contributed by atoms with E-state index in [0.717, 1.165) is 35.8 Å². The summed E-state index contributed by atoms with van der Waals surface area (Å²) in [6, 6.07) is 55.4. The van der Waals surface area contributed by atoms with Gasteiger partial charge in [-0.05, 0) is 80.1 Å². The number of carbonyl (C=O) groups is 1. The quantitative estimate of drug-likeness (QED) is 0.132. The van der Waals surface area contributed by atoms with Crippen LogP contribution in [-0.2, 0) is 17.6 Å². The monoisotopic (exact) mass is 540 g/mol. The summed E-state index contributed by atoms with van der Waals surface area (Å²) in [5.41, 5.74) is 13.0. The van der Waals surface area contributed by atoms with Gasteiger partial charge in [0.2, 0.25) is 0 Å². The second-order valence-corrected chi connectivity index (χ2v) is 10.5. The van der Waals surface area contributed by atoms with Crippen LogP contribution < -0.4 is 0 Å². The van der Waals surface area contributed by atoms with Gasteiger partial charge < -0.3 is 0 Å². The van der Waals surface area contributed by atoms with Gasteiger partial charge in [0.15, 0.2) is 0 Å². The minimum absolute atomic E-state index is 0.844. The molecule has 0 heterocycles. The molecule has 0 fully saturated rings. The highest BCUT2D eigenvalue weighted by Gasteiger charge is 2.10. The van der Waals surface area contributed by atoms with E-state index in [4.69, 9.17) is 0 Å². The van der Waals surface area contributed by atoms with Gasteiger partial charge in [-0.3, -0.25) is 4.79 Å². The first-order valence-corrected chi connectivity index (χ1v) is 14.4. The van der Waals surface area contributed by atoms with Crippen molar-refractivity contribution in [2.24, 2.45) is 0 Å². The maximum Gasteiger partial charge on any atom is 0.143 e. The summed E-state index contributed by atoms with van der Waals surface area (Å²) in [6.07, 6.45) is 4.23. The van der Waals surface area contributed by atoms with Crippen molar-refractivity contribution in [3.63, 3.8) is 0 Å². The van der Waals surface area contributed by atoms with Crippen LogP contribution in [0.25, 0.3) is 27.8 Å². The molecule has 202 valence electrons. The van der Waals surface area contributed by atoms with Crippen molar-refractivity contribution in [2.45, 2.75) is 12.8 Å². The van der Waals surface area contributed by atoms with Crippen molar-refractivity contribution in [1.29, 1.82) is 0 Å². The van der Waals surface area contributed by atoms with Crippen LogP contribution in [0.3, 0.4) is 0 Å². The van der Waals surface area contributed by atoms with E-state index in [1.807, 2.05) is 12.1 Å². The molecule has 42 heavy (non-hydrogen) atoms. The predicted octanol–water partition coefficient (Wildman–Crippen LogP) is 9.83. The van der Waals surface area contributed by atoms with Crippen LogP contribution in [-0.4, -0.2) is 6.29 Å². The van der Waals surface area contributed by atoms with Gasteiger partial charge in [-0.15, -0.1) is 0 Å². The van der Waals surface area contributed by atoms with Crippen molar-refractivity contribution in [1.82, 2.24) is 0 Å². The zero-order valence-electron chi connectivity index (χ0n) is 23.5. The first-order chi connectivity index (χ1) is 20.8. The second kappa shape index (κ2) is 12.9. The number of carbonyl (C=O) groups excluding carboxylic acids is 1. The first-order valence-electron chi connectivity index (χ1n) is 14.4. The molecule has 0 atom stereocenters. The molecule has 0 aliphatic heterocycles. The third-order valence-corrected chi connectivity index (χ3v) is 7.76. The smallest absolute Gasteiger partial charge is 0.143 e. The van der Waals surface area contributed by atoms with Crippen molar-refractivity contribution >= 4 is 11.9 Å². The molecule has 0 spiro atoms. The highest BCUT2D eigenvalue weighted by Crippen LogP contribution is 2.29. The largest absolute Gasteiger partial charge is 0.299 e. The molecule has 0 bridgehead atoms. The van der Waals surface area contributed by atoms with E-state index in [-0.39, 0.29) is 0 Å². The second-order valence-electron chi connectivity index (χ2n) is 10.5. The molecule has 6 aromatic rings. The van der Waals surface area contributed by atoms with E-state index in [0.29, 0.717) is 0 Å². The molecule has 0 aromatic heterocycles. The van der Waals surface area contributed by atoms with Crippen LogP contribution in [0.4, 0.5) is 0 Å². The SMILES string of the molecule is O=CC=C(c1ccc(Cc2ccccc2-c2ccccc2)cc1)c1ccc(Cc2ccccc2-c2ccccc2)cc1. The van der Waals surface area contributed by atoms with Gasteiger partial charge in [-0.25, -0.2) is 0 Å². The van der Waals surface area contributed by atoms with Gasteiger partial charge in [0.05, 0.1) is 0 Å². The molecule has 0 aliphatic rings. The summed E-state index contributed by atoms with van der Waals surface area (Å²) in [5, 5.41) is 0. The van der Waals surface area contributed by atoms with Crippen LogP contribution in [0, 0.1) is 0 Å². The standard InChI is InChI=1S/C41H32O/c42-28-27-41(35-23-19-31(20-24-35)29-37-15-7-9-17-39(37)33-11-3-1-4-12-33)36-25-21-32(22-26-36)30-38-16-8-10-18-40(38)34-13-5-2-6-14-34/h1-28H,29-30H2. The molecule has 0 amide bonds. The zero-order chi connectivity index (χ0) is 28.6. The lowest BCUT2D eigenvalue weighted by Crippen LogP contribution is -1.95. The molecule has 0 radical (unpaired) electrons. The Morgan fingerprint density at radius 3 is 1.21 bits per heavy atom. The summed E-state index contributed by atoms with van der Waals surface area (Å²) >= 11 is 0. The van der Waals surface area contributed by atoms with Crippen molar-refractivity contribution in [3.8, 4) is 22.3 Å². The van der Waals surface area contributed by atoms with Gasteiger partial charge in [-0.2, -0.15) is 0 Å². The minimum Gasteiger partial charge on any atom is -0.299 e. The van der Waals surface area contributed by atoms with Crippen molar-refractivity contribution < 1.29 is 4.79 Å². The van der Waals surface area contributed by atoms with Crippen LogP contribution in [0.2, 0.25) is 0 Å². The predicted molar refractivity (Wildman–Crippen MR) is 175 cm³/mol. The molecular formula is C41H32O. The Balaban J connectivity index is 1.20. The Morgan fingerprint density at radius 1 is 0.429 bits per heavy atom. The third kappa shape index (κ3) is 6.22. The summed E-state index contributed by atoms with van der Waals surface area (Å²) in [5.74, 6) is 0. The Morgan fingerprint density at radius 2 is 0.810 bits per heavy atom. The molecule has 0 saturated carbocycles. The lowest BCUT2D eigenvalue weighted by Gasteiger charge is -2.13. The van der Waals surface area contributed by atoms with E-state index < -0.39 is 0 Å². The maximum absolute atomic E-state index is 11.6. The molecule has 0 aliphatic carbocycles. The first kappa shape index (κ1) is 26.9. The summed E-state index contributed by atoms with van der Waals surface area (Å²) in [6.45, 7) is 0. The van der Waals surface area contributed by atoms with Gasteiger partial charge >= 0.3 is 0 Å². The van der Waals surface area contributed by atoms with Crippen LogP contribution >= 0.6 is 0 Å². The minimum atomic E-state index is 0.844. The fourth-order valence-corrected chi connectivity index (χ4v) is 5.62. The maximum atomic E-state index is 11.6. The molecule has 0 saturated heterocycles. The summed E-state index contributed by atoms with van der Waals surface area (Å²) < 4.78 is 0.